The Morgan fingerprint density at radius 3 is 2.48 bits per heavy atom. The zero-order chi connectivity index (χ0) is 18.2. The highest BCUT2D eigenvalue weighted by Gasteiger charge is 2.13. The minimum absolute atomic E-state index is 0.0400. The van der Waals surface area contributed by atoms with Crippen molar-refractivity contribution >= 4 is 23.2 Å². The summed E-state index contributed by atoms with van der Waals surface area (Å²) in [5.41, 5.74) is 1.78. The highest BCUT2D eigenvalue weighted by Crippen LogP contribution is 2.34. The lowest BCUT2D eigenvalue weighted by Crippen LogP contribution is -2.31. The molecule has 0 bridgehead atoms. The normalized spacial score (nSPS) is 12.0. The first-order valence-electron chi connectivity index (χ1n) is 8.15. The molecule has 4 nitrogen and oxygen atoms in total. The molecule has 0 saturated carbocycles. The van der Waals surface area contributed by atoms with Crippen LogP contribution in [0.2, 0.25) is 10.0 Å². The number of benzene rings is 2. The van der Waals surface area contributed by atoms with Crippen molar-refractivity contribution in [1.29, 1.82) is 0 Å². The van der Waals surface area contributed by atoms with Crippen LogP contribution in [0, 0.1) is 0 Å². The molecule has 0 fully saturated rings. The van der Waals surface area contributed by atoms with E-state index in [1.807, 2.05) is 37.3 Å². The van der Waals surface area contributed by atoms with Gasteiger partial charge in [-0.15, -0.1) is 0 Å². The summed E-state index contributed by atoms with van der Waals surface area (Å²) in [4.78, 5) is 0. The fraction of sp³-hybridized carbons (Fsp3) is 0.368. The van der Waals surface area contributed by atoms with Crippen LogP contribution in [0.15, 0.2) is 36.4 Å². The van der Waals surface area contributed by atoms with Gasteiger partial charge in [-0.2, -0.15) is 0 Å². The average molecular weight is 384 g/mol. The van der Waals surface area contributed by atoms with Gasteiger partial charge < -0.3 is 19.9 Å². The molecule has 0 heterocycles. The molecule has 136 valence electrons. The Bertz CT molecular complexity index is 690. The SMILES string of the molecule is CCC(CO)NCc1cc(OC)c(OCc2ccccc2Cl)cc1Cl. The standard InChI is InChI=1S/C19H23Cl2NO3/c1-3-15(11-23)22-10-14-8-18(24-2)19(9-17(14)21)25-12-13-6-4-5-7-16(13)20/h4-9,15,22-23H,3,10-12H2,1-2H3. The number of aliphatic hydroxyl groups excluding tert-OH is 1. The summed E-state index contributed by atoms with van der Waals surface area (Å²) < 4.78 is 11.3. The van der Waals surface area contributed by atoms with Crippen LogP contribution in [0.3, 0.4) is 0 Å². The molecule has 6 heteroatoms. The molecule has 2 rings (SSSR count). The smallest absolute Gasteiger partial charge is 0.163 e. The third-order valence-corrected chi connectivity index (χ3v) is 4.69. The number of methoxy groups -OCH3 is 1. The molecule has 1 atom stereocenters. The molecule has 2 aromatic rings. The number of halogens is 2. The number of hydrogen-bond donors (Lipinski definition) is 2. The summed E-state index contributed by atoms with van der Waals surface area (Å²) in [6.45, 7) is 2.97. The van der Waals surface area contributed by atoms with Crippen LogP contribution < -0.4 is 14.8 Å². The molecule has 0 aliphatic carbocycles. The topological polar surface area (TPSA) is 50.7 Å². The Morgan fingerprint density at radius 2 is 1.84 bits per heavy atom. The van der Waals surface area contributed by atoms with E-state index in [2.05, 4.69) is 5.32 Å². The van der Waals surface area contributed by atoms with E-state index in [4.69, 9.17) is 32.7 Å². The van der Waals surface area contributed by atoms with Crippen LogP contribution in [0.1, 0.15) is 24.5 Å². The third kappa shape index (κ3) is 5.51. The minimum Gasteiger partial charge on any atom is -0.493 e. The van der Waals surface area contributed by atoms with Crippen LogP contribution in [0.4, 0.5) is 0 Å². The second-order valence-electron chi connectivity index (χ2n) is 5.64. The van der Waals surface area contributed by atoms with Gasteiger partial charge in [0.1, 0.15) is 6.61 Å². The Balaban J connectivity index is 2.11. The van der Waals surface area contributed by atoms with Crippen molar-refractivity contribution < 1.29 is 14.6 Å². The Labute approximate surface area is 158 Å². The zero-order valence-electron chi connectivity index (χ0n) is 14.4. The molecule has 0 aromatic heterocycles. The molecular weight excluding hydrogens is 361 g/mol. The van der Waals surface area contributed by atoms with Crippen molar-refractivity contribution in [2.24, 2.45) is 0 Å². The van der Waals surface area contributed by atoms with Crippen LogP contribution in [-0.4, -0.2) is 24.9 Å². The summed E-state index contributed by atoms with van der Waals surface area (Å²) in [5.74, 6) is 1.16. The predicted octanol–water partition coefficient (Wildman–Crippen LogP) is 4.44. The lowest BCUT2D eigenvalue weighted by molar-refractivity contribution is 0.238. The molecule has 0 spiro atoms. The van der Waals surface area contributed by atoms with E-state index in [9.17, 15) is 5.11 Å². The van der Waals surface area contributed by atoms with Gasteiger partial charge in [0.25, 0.3) is 0 Å². The maximum Gasteiger partial charge on any atom is 0.163 e. The van der Waals surface area contributed by atoms with Crippen molar-refractivity contribution in [2.45, 2.75) is 32.5 Å². The number of aliphatic hydroxyl groups is 1. The third-order valence-electron chi connectivity index (χ3n) is 3.97. The molecule has 0 radical (unpaired) electrons. The van der Waals surface area contributed by atoms with Crippen molar-refractivity contribution in [1.82, 2.24) is 5.32 Å². The van der Waals surface area contributed by atoms with Crippen LogP contribution in [-0.2, 0) is 13.2 Å². The van der Waals surface area contributed by atoms with Gasteiger partial charge in [0.05, 0.1) is 13.7 Å². The largest absolute Gasteiger partial charge is 0.493 e. The minimum atomic E-state index is 0.0400. The van der Waals surface area contributed by atoms with Gasteiger partial charge in [-0.25, -0.2) is 0 Å². The summed E-state index contributed by atoms with van der Waals surface area (Å²) in [6, 6.07) is 11.2. The Kier molecular flexibility index (Phi) is 7.85. The van der Waals surface area contributed by atoms with E-state index in [1.165, 1.54) is 0 Å². The van der Waals surface area contributed by atoms with Crippen molar-refractivity contribution in [2.75, 3.05) is 13.7 Å². The van der Waals surface area contributed by atoms with E-state index in [-0.39, 0.29) is 12.6 Å². The molecule has 2 aromatic carbocycles. The van der Waals surface area contributed by atoms with Gasteiger partial charge >= 0.3 is 0 Å². The lowest BCUT2D eigenvalue weighted by Gasteiger charge is -2.17. The maximum atomic E-state index is 9.27. The van der Waals surface area contributed by atoms with Gasteiger partial charge in [-0.05, 0) is 24.1 Å². The first kappa shape index (κ1) is 19.9. The number of nitrogens with one attached hydrogen (secondary N) is 1. The summed E-state index contributed by atoms with van der Waals surface area (Å²) in [7, 11) is 1.59. The first-order chi connectivity index (χ1) is 12.1. The maximum absolute atomic E-state index is 9.27. The fourth-order valence-corrected chi connectivity index (χ4v) is 2.76. The molecule has 0 saturated heterocycles. The van der Waals surface area contributed by atoms with Gasteiger partial charge in [-0.1, -0.05) is 48.3 Å². The lowest BCUT2D eigenvalue weighted by atomic mass is 10.1. The fourth-order valence-electron chi connectivity index (χ4n) is 2.35. The van der Waals surface area contributed by atoms with Crippen molar-refractivity contribution in [3.8, 4) is 11.5 Å². The van der Waals surface area contributed by atoms with Crippen molar-refractivity contribution in [3.05, 3.63) is 57.6 Å². The Hall–Kier alpha value is -1.46. The molecule has 0 aliphatic rings. The van der Waals surface area contributed by atoms with E-state index < -0.39 is 0 Å². The molecule has 0 amide bonds. The Morgan fingerprint density at radius 1 is 1.08 bits per heavy atom. The second kappa shape index (κ2) is 9.88. The van der Waals surface area contributed by atoms with Gasteiger partial charge in [0.2, 0.25) is 0 Å². The quantitative estimate of drug-likeness (QED) is 0.671. The second-order valence-corrected chi connectivity index (χ2v) is 6.46. The highest BCUT2D eigenvalue weighted by molar-refractivity contribution is 6.31. The van der Waals surface area contributed by atoms with Crippen LogP contribution in [0.5, 0.6) is 11.5 Å². The van der Waals surface area contributed by atoms with Crippen LogP contribution in [0.25, 0.3) is 0 Å². The summed E-state index contributed by atoms with van der Waals surface area (Å²) in [6.07, 6.45) is 0.838. The van der Waals surface area contributed by atoms with E-state index in [1.54, 1.807) is 13.2 Å². The van der Waals surface area contributed by atoms with Gasteiger partial charge in [0.15, 0.2) is 11.5 Å². The number of ether oxygens (including phenoxy) is 2. The van der Waals surface area contributed by atoms with E-state index in [0.717, 1.165) is 17.5 Å². The van der Waals surface area contributed by atoms with Gasteiger partial charge in [0, 0.05) is 34.3 Å². The summed E-state index contributed by atoms with van der Waals surface area (Å²) >= 11 is 12.5. The molecular formula is C19H23Cl2NO3. The van der Waals surface area contributed by atoms with E-state index >= 15 is 0 Å². The van der Waals surface area contributed by atoms with E-state index in [0.29, 0.717) is 34.7 Å². The monoisotopic (exact) mass is 383 g/mol. The number of rotatable bonds is 9. The highest BCUT2D eigenvalue weighted by atomic mass is 35.5. The molecule has 1 unspecified atom stereocenters. The zero-order valence-corrected chi connectivity index (χ0v) is 15.9. The molecule has 0 aliphatic heterocycles. The number of hydrogen-bond acceptors (Lipinski definition) is 4. The van der Waals surface area contributed by atoms with Gasteiger partial charge in [-0.3, -0.25) is 0 Å². The molecule has 2 N–H and O–H groups in total. The average Bonchev–Trinajstić information content (AvgIpc) is 2.63. The summed E-state index contributed by atoms with van der Waals surface area (Å²) in [5, 5.41) is 13.8. The molecule has 25 heavy (non-hydrogen) atoms. The predicted molar refractivity (Wildman–Crippen MR) is 102 cm³/mol. The van der Waals surface area contributed by atoms with Crippen molar-refractivity contribution in [3.63, 3.8) is 0 Å². The first-order valence-corrected chi connectivity index (χ1v) is 8.91. The van der Waals surface area contributed by atoms with Crippen LogP contribution >= 0.6 is 23.2 Å².